The predicted molar refractivity (Wildman–Crippen MR) is 83.9 cm³/mol. The number of fused-ring (bicyclic) bond motifs is 5. The third-order valence-electron chi connectivity index (χ3n) is 6.85. The molecule has 0 heterocycles. The highest BCUT2D eigenvalue weighted by Gasteiger charge is 2.50. The van der Waals surface area contributed by atoms with Crippen molar-refractivity contribution in [3.05, 3.63) is 23.3 Å². The largest absolute Gasteiger partial charge is 0.504 e. The summed E-state index contributed by atoms with van der Waals surface area (Å²) in [6, 6.07) is 4.18. The van der Waals surface area contributed by atoms with Crippen LogP contribution in [0.5, 0.6) is 11.5 Å². The molecule has 1 aromatic rings. The number of hydrogen-bond donors (Lipinski definition) is 1. The summed E-state index contributed by atoms with van der Waals surface area (Å²) in [4.78, 5) is 0. The van der Waals surface area contributed by atoms with Crippen LogP contribution in [0.4, 0.5) is 0 Å². The van der Waals surface area contributed by atoms with Crippen molar-refractivity contribution in [3.8, 4) is 11.5 Å². The van der Waals surface area contributed by atoms with Crippen molar-refractivity contribution in [3.63, 3.8) is 0 Å². The molecule has 0 spiro atoms. The van der Waals surface area contributed by atoms with E-state index in [2.05, 4.69) is 13.0 Å². The van der Waals surface area contributed by atoms with Crippen molar-refractivity contribution in [2.24, 2.45) is 17.3 Å². The van der Waals surface area contributed by atoms with Crippen molar-refractivity contribution in [1.82, 2.24) is 0 Å². The molecular formula is C19H26O2. The molecule has 0 bridgehead atoms. The van der Waals surface area contributed by atoms with E-state index in [1.165, 1.54) is 44.1 Å². The molecule has 2 nitrogen and oxygen atoms in total. The lowest BCUT2D eigenvalue weighted by atomic mass is 9.56. The van der Waals surface area contributed by atoms with Gasteiger partial charge in [-0.1, -0.05) is 19.4 Å². The Morgan fingerprint density at radius 1 is 1.19 bits per heavy atom. The molecule has 114 valence electrons. The van der Waals surface area contributed by atoms with Crippen molar-refractivity contribution >= 4 is 0 Å². The van der Waals surface area contributed by atoms with E-state index in [1.54, 1.807) is 7.11 Å². The molecule has 0 unspecified atom stereocenters. The first-order valence-corrected chi connectivity index (χ1v) is 8.53. The van der Waals surface area contributed by atoms with Crippen LogP contribution >= 0.6 is 0 Å². The van der Waals surface area contributed by atoms with Crippen LogP contribution in [0.25, 0.3) is 0 Å². The minimum Gasteiger partial charge on any atom is -0.504 e. The van der Waals surface area contributed by atoms with E-state index < -0.39 is 0 Å². The quantitative estimate of drug-likeness (QED) is 0.814. The smallest absolute Gasteiger partial charge is 0.161 e. The molecule has 0 aromatic heterocycles. The van der Waals surface area contributed by atoms with Crippen LogP contribution in [0.1, 0.15) is 62.5 Å². The number of phenolic OH excluding ortho intramolecular Hbond substituents is 1. The zero-order chi connectivity index (χ0) is 14.6. The molecule has 0 radical (unpaired) electrons. The predicted octanol–water partition coefficient (Wildman–Crippen LogP) is 4.65. The number of methoxy groups -OCH3 is 1. The molecule has 0 amide bonds. The van der Waals surface area contributed by atoms with Gasteiger partial charge in [0.1, 0.15) is 0 Å². The van der Waals surface area contributed by atoms with Gasteiger partial charge in [0, 0.05) is 5.56 Å². The fraction of sp³-hybridized carbons (Fsp3) is 0.684. The lowest BCUT2D eigenvalue weighted by molar-refractivity contribution is 0.0595. The minimum atomic E-state index is 0.396. The second-order valence-electron chi connectivity index (χ2n) is 7.68. The number of aromatic hydroxyl groups is 1. The van der Waals surface area contributed by atoms with Gasteiger partial charge in [0.25, 0.3) is 0 Å². The van der Waals surface area contributed by atoms with Crippen molar-refractivity contribution in [2.45, 2.75) is 57.8 Å². The molecule has 21 heavy (non-hydrogen) atoms. The standard InChI is InChI=1S/C19H26O2/c1-19-10-3-4-16(19)14-5-6-15-12(13(14)9-11-19)7-8-17(21-2)18(15)20/h7-8,13-14,16,20H,3-6,9-11H2,1-2H3/t13-,14-,16+,19+/m1/s1. The van der Waals surface area contributed by atoms with E-state index >= 15 is 0 Å². The third-order valence-corrected chi connectivity index (χ3v) is 6.85. The second-order valence-corrected chi connectivity index (χ2v) is 7.68. The Morgan fingerprint density at radius 2 is 2.05 bits per heavy atom. The summed E-state index contributed by atoms with van der Waals surface area (Å²) in [5.41, 5.74) is 3.18. The summed E-state index contributed by atoms with van der Waals surface area (Å²) in [5, 5.41) is 10.4. The Morgan fingerprint density at radius 3 is 2.86 bits per heavy atom. The lowest BCUT2D eigenvalue weighted by Crippen LogP contribution is -2.39. The van der Waals surface area contributed by atoms with E-state index in [0.717, 1.165) is 23.8 Å². The van der Waals surface area contributed by atoms with Gasteiger partial charge >= 0.3 is 0 Å². The number of ether oxygens (including phenoxy) is 1. The first-order chi connectivity index (χ1) is 10.1. The molecule has 2 fully saturated rings. The summed E-state index contributed by atoms with van der Waals surface area (Å²) < 4.78 is 5.28. The highest BCUT2D eigenvalue weighted by Crippen LogP contribution is 2.61. The highest BCUT2D eigenvalue weighted by molar-refractivity contribution is 5.52. The SMILES string of the molecule is COc1ccc2c(c1O)CC[C@@H]1[C@@H]2CC[C@]2(C)CCC[C@@H]12. The molecule has 1 N–H and O–H groups in total. The first-order valence-electron chi connectivity index (χ1n) is 8.53. The van der Waals surface area contributed by atoms with E-state index in [9.17, 15) is 5.11 Å². The number of phenols is 1. The average Bonchev–Trinajstić information content (AvgIpc) is 2.89. The highest BCUT2D eigenvalue weighted by atomic mass is 16.5. The number of hydrogen-bond acceptors (Lipinski definition) is 2. The van der Waals surface area contributed by atoms with Gasteiger partial charge in [0.15, 0.2) is 11.5 Å². The average molecular weight is 286 g/mol. The van der Waals surface area contributed by atoms with Crippen LogP contribution in [0.3, 0.4) is 0 Å². The first kappa shape index (κ1) is 13.5. The summed E-state index contributed by atoms with van der Waals surface area (Å²) in [6.07, 6.45) is 9.22. The summed E-state index contributed by atoms with van der Waals surface area (Å²) in [7, 11) is 1.64. The topological polar surface area (TPSA) is 29.5 Å². The molecular weight excluding hydrogens is 260 g/mol. The molecule has 0 aliphatic heterocycles. The van der Waals surface area contributed by atoms with Gasteiger partial charge in [-0.15, -0.1) is 0 Å². The Bertz CT molecular complexity index is 565. The maximum absolute atomic E-state index is 10.4. The zero-order valence-corrected chi connectivity index (χ0v) is 13.2. The minimum absolute atomic E-state index is 0.396. The van der Waals surface area contributed by atoms with Gasteiger partial charge in [-0.2, -0.15) is 0 Å². The van der Waals surface area contributed by atoms with Crippen LogP contribution in [0, 0.1) is 17.3 Å². The lowest BCUT2D eigenvalue weighted by Gasteiger charge is -2.49. The number of benzene rings is 1. The Labute approximate surface area is 127 Å². The molecule has 3 aliphatic rings. The van der Waals surface area contributed by atoms with Crippen LogP contribution in [0.15, 0.2) is 12.1 Å². The molecule has 4 rings (SSSR count). The third kappa shape index (κ3) is 1.84. The van der Waals surface area contributed by atoms with Crippen LogP contribution < -0.4 is 4.74 Å². The molecule has 2 heteroatoms. The van der Waals surface area contributed by atoms with Crippen molar-refractivity contribution in [1.29, 1.82) is 0 Å². The summed E-state index contributed by atoms with van der Waals surface area (Å²) in [6.45, 7) is 2.53. The van der Waals surface area contributed by atoms with Gasteiger partial charge in [0.05, 0.1) is 7.11 Å². The van der Waals surface area contributed by atoms with E-state index in [0.29, 0.717) is 22.8 Å². The van der Waals surface area contributed by atoms with Gasteiger partial charge in [-0.3, -0.25) is 0 Å². The fourth-order valence-electron chi connectivity index (χ4n) is 5.79. The molecule has 0 saturated heterocycles. The molecule has 4 atom stereocenters. The van der Waals surface area contributed by atoms with Gasteiger partial charge in [-0.05, 0) is 73.3 Å². The van der Waals surface area contributed by atoms with E-state index in [-0.39, 0.29) is 0 Å². The Kier molecular flexibility index (Phi) is 2.99. The van der Waals surface area contributed by atoms with Crippen LogP contribution in [-0.4, -0.2) is 12.2 Å². The second kappa shape index (κ2) is 4.66. The normalized spacial score (nSPS) is 37.5. The van der Waals surface area contributed by atoms with Gasteiger partial charge in [-0.25, -0.2) is 0 Å². The molecule has 1 aromatic carbocycles. The Balaban J connectivity index is 1.73. The summed E-state index contributed by atoms with van der Waals surface area (Å²) in [5.74, 6) is 3.45. The fourth-order valence-corrected chi connectivity index (χ4v) is 5.79. The van der Waals surface area contributed by atoms with Crippen molar-refractivity contribution < 1.29 is 9.84 Å². The van der Waals surface area contributed by atoms with E-state index in [4.69, 9.17) is 4.74 Å². The van der Waals surface area contributed by atoms with E-state index in [1.807, 2.05) is 6.07 Å². The van der Waals surface area contributed by atoms with Crippen LogP contribution in [0.2, 0.25) is 0 Å². The van der Waals surface area contributed by atoms with Crippen LogP contribution in [-0.2, 0) is 6.42 Å². The van der Waals surface area contributed by atoms with Crippen molar-refractivity contribution in [2.75, 3.05) is 7.11 Å². The van der Waals surface area contributed by atoms with Gasteiger partial charge < -0.3 is 9.84 Å². The zero-order valence-electron chi connectivity index (χ0n) is 13.2. The molecule has 3 aliphatic carbocycles. The molecule has 2 saturated carbocycles. The van der Waals surface area contributed by atoms with Gasteiger partial charge in [0.2, 0.25) is 0 Å². The number of rotatable bonds is 1. The monoisotopic (exact) mass is 286 g/mol. The maximum atomic E-state index is 10.4. The Hall–Kier alpha value is -1.18. The summed E-state index contributed by atoms with van der Waals surface area (Å²) >= 11 is 0. The maximum Gasteiger partial charge on any atom is 0.161 e.